The highest BCUT2D eigenvalue weighted by molar-refractivity contribution is 7.86. The van der Waals surface area contributed by atoms with Crippen molar-refractivity contribution < 1.29 is 60.7 Å². The van der Waals surface area contributed by atoms with Crippen LogP contribution in [0.15, 0.2) is 101 Å². The molecular formula is C56H64N6O14S4. The van der Waals surface area contributed by atoms with Crippen LogP contribution >= 0.6 is 0 Å². The van der Waals surface area contributed by atoms with E-state index in [1.54, 1.807) is 39.8 Å². The average molecular weight is 1170 g/mol. The smallest absolute Gasteiger partial charge is 0.296 e. The minimum atomic E-state index is -4.53. The average Bonchev–Trinajstić information content (AvgIpc) is 4.38. The Bertz CT molecular complexity index is 4040. The zero-order valence-electron chi connectivity index (χ0n) is 45.5. The summed E-state index contributed by atoms with van der Waals surface area (Å²) in [5.74, 6) is 1.91. The van der Waals surface area contributed by atoms with Crippen LogP contribution in [0.3, 0.4) is 0 Å². The maximum absolute atomic E-state index is 12.5. The van der Waals surface area contributed by atoms with Gasteiger partial charge in [-0.2, -0.15) is 33.7 Å². The van der Waals surface area contributed by atoms with Gasteiger partial charge in [0.1, 0.15) is 53.3 Å². The van der Waals surface area contributed by atoms with E-state index in [2.05, 4.69) is 46.8 Å². The minimum Gasteiger partial charge on any atom is -0.437 e. The van der Waals surface area contributed by atoms with Crippen molar-refractivity contribution in [1.29, 1.82) is 0 Å². The maximum atomic E-state index is 12.5. The molecule has 0 saturated heterocycles. The van der Waals surface area contributed by atoms with E-state index in [0.29, 0.717) is 69.9 Å². The Hall–Kier alpha value is -6.64. The summed E-state index contributed by atoms with van der Waals surface area (Å²) in [4.78, 5) is 16.6. The molecule has 0 aliphatic heterocycles. The van der Waals surface area contributed by atoms with Crippen molar-refractivity contribution in [3.05, 3.63) is 107 Å². The van der Waals surface area contributed by atoms with Crippen molar-refractivity contribution in [3.63, 3.8) is 0 Å². The Labute approximate surface area is 465 Å². The zero-order chi connectivity index (χ0) is 58.2. The Morgan fingerprint density at radius 1 is 0.463 bits per heavy atom. The molecule has 0 spiro atoms. The summed E-state index contributed by atoms with van der Waals surface area (Å²) in [6, 6.07) is 20.1. The van der Waals surface area contributed by atoms with E-state index in [9.17, 15) is 51.9 Å². The molecule has 5 aromatic carbocycles. The molecular weight excluding hydrogens is 1110 g/mol. The molecule has 4 N–H and O–H groups in total. The molecule has 20 nitrogen and oxygen atoms in total. The molecule has 4 aromatic heterocycles. The second-order valence-electron chi connectivity index (χ2n) is 20.3. The highest BCUT2D eigenvalue weighted by atomic mass is 32.2. The van der Waals surface area contributed by atoms with Gasteiger partial charge in [0.15, 0.2) is 11.2 Å². The molecule has 0 aliphatic carbocycles. The first kappa shape index (κ1) is 59.5. The molecule has 80 heavy (non-hydrogen) atoms. The summed E-state index contributed by atoms with van der Waals surface area (Å²) >= 11 is 0. The number of imidazole rings is 2. The Kier molecular flexibility index (Phi) is 17.4. The highest BCUT2D eigenvalue weighted by Gasteiger charge is 2.27. The van der Waals surface area contributed by atoms with Gasteiger partial charge in [-0.25, -0.2) is 19.9 Å². The molecule has 0 amide bonds. The first-order chi connectivity index (χ1) is 37.6. The van der Waals surface area contributed by atoms with Gasteiger partial charge in [0.25, 0.3) is 40.5 Å². The molecule has 0 saturated carbocycles. The van der Waals surface area contributed by atoms with E-state index in [4.69, 9.17) is 18.8 Å². The first-order valence-electron chi connectivity index (χ1n) is 26.1. The predicted molar refractivity (Wildman–Crippen MR) is 306 cm³/mol. The standard InChI is InChI=1S/C38H50N4O6S2.C18H14N2O8S2/c1-7-11-13-27(9-3)23-41-31-19-25(5)21-33(49(43,44)45)35(31)39-37(41)29-15-17-30(18-16-29)38-40-36-32(20-26(6)22-34(36)50(46,47)48)42(38)24-28(10-4)14-12-8-2;1-9-5-11-17(13(7-9)29(21,22)23)19-15(27-11)3-4-16-20-18-12(28-16)6-10(2)8-14(18)30(24,25)26/h15-22,27-28H,7-14,23-24H2,1-6H3,(H,43,44,45)(H,46,47,48);3-8H,1-2H3,(H,21,22,23)(H,24,25,26)/b;4-3+. The van der Waals surface area contributed by atoms with Crippen LogP contribution in [0, 0.1) is 39.5 Å². The fourth-order valence-electron chi connectivity index (χ4n) is 9.95. The molecule has 2 atom stereocenters. The summed E-state index contributed by atoms with van der Waals surface area (Å²) in [6.45, 7) is 16.8. The van der Waals surface area contributed by atoms with Crippen molar-refractivity contribution >= 4 is 96.9 Å². The first-order valence-corrected chi connectivity index (χ1v) is 31.9. The van der Waals surface area contributed by atoms with E-state index in [0.717, 1.165) is 62.5 Å². The fraction of sp³-hybridized carbons (Fsp3) is 0.357. The summed E-state index contributed by atoms with van der Waals surface area (Å²) < 4.78 is 151. The summed E-state index contributed by atoms with van der Waals surface area (Å²) in [5.41, 5.74) is 6.05. The van der Waals surface area contributed by atoms with Crippen molar-refractivity contribution in [3.8, 4) is 22.8 Å². The Balaban J connectivity index is 0.000000238. The normalized spacial score (nSPS) is 13.5. The van der Waals surface area contributed by atoms with Crippen LogP contribution in [-0.4, -0.2) is 81.0 Å². The van der Waals surface area contributed by atoms with E-state index < -0.39 is 40.5 Å². The van der Waals surface area contributed by atoms with Crippen LogP contribution in [0.5, 0.6) is 0 Å². The second-order valence-corrected chi connectivity index (χ2v) is 25.9. The van der Waals surface area contributed by atoms with Gasteiger partial charge in [-0.3, -0.25) is 18.2 Å². The zero-order valence-corrected chi connectivity index (χ0v) is 48.8. The molecule has 426 valence electrons. The summed E-state index contributed by atoms with van der Waals surface area (Å²) in [6.07, 6.45) is 11.0. The summed E-state index contributed by atoms with van der Waals surface area (Å²) in [5, 5.41) is 0. The van der Waals surface area contributed by atoms with Gasteiger partial charge in [0.2, 0.25) is 11.8 Å². The number of nitrogens with zero attached hydrogens (tertiary/aromatic N) is 6. The number of aryl methyl sites for hydroxylation is 4. The van der Waals surface area contributed by atoms with E-state index in [-0.39, 0.29) is 64.6 Å². The topological polar surface area (TPSA) is 305 Å². The number of hydrogen-bond donors (Lipinski definition) is 4. The molecule has 0 aliphatic rings. The van der Waals surface area contributed by atoms with Crippen molar-refractivity contribution in [2.75, 3.05) is 0 Å². The number of unbranched alkanes of at least 4 members (excludes halogenated alkanes) is 2. The Morgan fingerprint density at radius 2 is 0.775 bits per heavy atom. The van der Waals surface area contributed by atoms with Crippen LogP contribution < -0.4 is 0 Å². The third-order valence-electron chi connectivity index (χ3n) is 14.0. The van der Waals surface area contributed by atoms with Crippen LogP contribution in [0.2, 0.25) is 0 Å². The molecule has 4 heterocycles. The van der Waals surface area contributed by atoms with Crippen LogP contribution in [0.25, 0.3) is 79.2 Å². The van der Waals surface area contributed by atoms with E-state index in [1.807, 2.05) is 36.4 Å². The van der Waals surface area contributed by atoms with Gasteiger partial charge >= 0.3 is 0 Å². The number of hydrogen-bond acceptors (Lipinski definition) is 14. The number of oxazole rings is 2. The molecule has 24 heteroatoms. The maximum Gasteiger partial charge on any atom is 0.296 e. The van der Waals surface area contributed by atoms with Gasteiger partial charge in [-0.15, -0.1) is 0 Å². The summed E-state index contributed by atoms with van der Waals surface area (Å²) in [7, 11) is -18.1. The van der Waals surface area contributed by atoms with Crippen molar-refractivity contribution in [1.82, 2.24) is 29.1 Å². The monoisotopic (exact) mass is 1170 g/mol. The number of benzene rings is 5. The van der Waals surface area contributed by atoms with Gasteiger partial charge in [0.05, 0.1) is 11.0 Å². The van der Waals surface area contributed by atoms with E-state index in [1.165, 1.54) is 36.4 Å². The minimum absolute atomic E-state index is 0.00828. The molecule has 9 aromatic rings. The van der Waals surface area contributed by atoms with Crippen LogP contribution in [-0.2, 0) is 53.6 Å². The van der Waals surface area contributed by atoms with E-state index >= 15 is 0 Å². The molecule has 0 radical (unpaired) electrons. The number of aromatic nitrogens is 6. The van der Waals surface area contributed by atoms with Gasteiger partial charge < -0.3 is 18.0 Å². The quantitative estimate of drug-likeness (QED) is 0.0515. The third kappa shape index (κ3) is 13.1. The number of rotatable bonds is 20. The lowest BCUT2D eigenvalue weighted by Gasteiger charge is -2.19. The lowest BCUT2D eigenvalue weighted by atomic mass is 9.98. The molecule has 9 rings (SSSR count). The van der Waals surface area contributed by atoms with Crippen LogP contribution in [0.1, 0.15) is 113 Å². The molecule has 0 fully saturated rings. The Morgan fingerprint density at radius 3 is 1.07 bits per heavy atom. The largest absolute Gasteiger partial charge is 0.437 e. The predicted octanol–water partition coefficient (Wildman–Crippen LogP) is 12.5. The second kappa shape index (κ2) is 23.4. The number of fused-ring (bicyclic) bond motifs is 4. The highest BCUT2D eigenvalue weighted by Crippen LogP contribution is 2.36. The van der Waals surface area contributed by atoms with Crippen molar-refractivity contribution in [2.24, 2.45) is 11.8 Å². The van der Waals surface area contributed by atoms with Crippen molar-refractivity contribution in [2.45, 2.75) is 139 Å². The lowest BCUT2D eigenvalue weighted by Crippen LogP contribution is -2.12. The van der Waals surface area contributed by atoms with Gasteiger partial charge in [-0.05, 0) is 123 Å². The SMILES string of the molecule is CCCCC(CC)Cn1c(-c2ccc(-c3nc4c(S(=O)(=O)O)cc(C)cc4n3CC(CC)CCCC)cc2)nc2c(S(=O)(=O)O)cc(C)cc21.Cc1cc(S(=O)(=O)O)c2nc(/C=C/c3nc4c(S(=O)(=O)O)cc(C)cc4o3)oc2c1. The van der Waals surface area contributed by atoms with Gasteiger partial charge in [0, 0.05) is 36.4 Å². The third-order valence-corrected chi connectivity index (χ3v) is 17.5. The lowest BCUT2D eigenvalue weighted by molar-refractivity contribution is 0.397. The molecule has 2 unspecified atom stereocenters. The fourth-order valence-corrected chi connectivity index (χ4v) is 12.9. The van der Waals surface area contributed by atoms with Crippen LogP contribution in [0.4, 0.5) is 0 Å². The molecule has 0 bridgehead atoms. The van der Waals surface area contributed by atoms with Gasteiger partial charge in [-0.1, -0.05) is 90.5 Å².